The van der Waals surface area contributed by atoms with Crippen molar-refractivity contribution in [2.45, 2.75) is 52.5 Å². The number of methoxy groups -OCH3 is 1. The van der Waals surface area contributed by atoms with Crippen LogP contribution < -0.4 is 5.32 Å². The third kappa shape index (κ3) is 7.71. The lowest BCUT2D eigenvalue weighted by atomic mass is 9.92. The van der Waals surface area contributed by atoms with Gasteiger partial charge in [-0.05, 0) is 31.6 Å². The van der Waals surface area contributed by atoms with Crippen LogP contribution in [0.2, 0.25) is 0 Å². The molecule has 3 heterocycles. The number of hydrogen-bond donors (Lipinski definition) is 1. The molecule has 2 saturated heterocycles. The van der Waals surface area contributed by atoms with Gasteiger partial charge in [0.25, 0.3) is 5.91 Å². The number of carbonyl (C=O) groups excluding carboxylic acids is 3. The number of ether oxygens (including phenoxy) is 2. The van der Waals surface area contributed by atoms with Crippen molar-refractivity contribution in [2.24, 2.45) is 11.8 Å². The van der Waals surface area contributed by atoms with Gasteiger partial charge in [-0.2, -0.15) is 4.68 Å². The number of piperidine rings is 1. The monoisotopic (exact) mass is 528 g/mol. The minimum Gasteiger partial charge on any atom is -0.385 e. The van der Waals surface area contributed by atoms with Gasteiger partial charge in [-0.1, -0.05) is 19.1 Å². The van der Waals surface area contributed by atoms with E-state index in [-0.39, 0.29) is 53.7 Å². The third-order valence-electron chi connectivity index (χ3n) is 6.54. The van der Waals surface area contributed by atoms with Gasteiger partial charge in [0.15, 0.2) is 5.69 Å². The predicted molar refractivity (Wildman–Crippen MR) is 136 cm³/mol. The summed E-state index contributed by atoms with van der Waals surface area (Å²) in [5, 5.41) is 11.5. The molecule has 12 heteroatoms. The van der Waals surface area contributed by atoms with Crippen molar-refractivity contribution in [3.05, 3.63) is 11.4 Å². The highest BCUT2D eigenvalue weighted by atomic mass is 35.5. The number of amides is 2. The first kappa shape index (κ1) is 30.1. The summed E-state index contributed by atoms with van der Waals surface area (Å²) in [5.74, 6) is -0.370. The first-order chi connectivity index (χ1) is 16.8. The molecule has 0 spiro atoms. The molecule has 0 unspecified atom stereocenters. The Kier molecular flexibility index (Phi) is 12.2. The van der Waals surface area contributed by atoms with Crippen LogP contribution in [0.5, 0.6) is 0 Å². The molecule has 3 rings (SSSR count). The van der Waals surface area contributed by atoms with Gasteiger partial charge < -0.3 is 24.6 Å². The summed E-state index contributed by atoms with van der Waals surface area (Å²) < 4.78 is 11.7. The summed E-state index contributed by atoms with van der Waals surface area (Å²) in [7, 11) is 1.65. The van der Waals surface area contributed by atoms with Gasteiger partial charge in [0.1, 0.15) is 0 Å². The second-order valence-corrected chi connectivity index (χ2v) is 9.80. The number of nitrogens with one attached hydrogen (secondary N) is 1. The molecule has 2 atom stereocenters. The lowest BCUT2D eigenvalue weighted by Crippen LogP contribution is -2.56. The fraction of sp³-hybridized carbons (Fsp3) is 0.792. The molecule has 1 N–H and O–H groups in total. The van der Waals surface area contributed by atoms with Crippen LogP contribution in [-0.2, 0) is 20.7 Å². The van der Waals surface area contributed by atoms with Crippen molar-refractivity contribution >= 4 is 30.1 Å². The molecular weight excluding hydrogens is 488 g/mol. The fourth-order valence-corrected chi connectivity index (χ4v) is 4.80. The summed E-state index contributed by atoms with van der Waals surface area (Å²) in [4.78, 5) is 42.8. The van der Waals surface area contributed by atoms with E-state index in [2.05, 4.69) is 29.5 Å². The number of hydrogen-bond acceptors (Lipinski definition) is 8. The molecule has 1 aromatic heterocycles. The number of unbranched alkanes of at least 4 members (excludes halogenated alkanes) is 1. The first-order valence-electron chi connectivity index (χ1n) is 12.7. The molecule has 1 aromatic rings. The second kappa shape index (κ2) is 14.6. The lowest BCUT2D eigenvalue weighted by Gasteiger charge is -2.40. The van der Waals surface area contributed by atoms with Crippen LogP contribution in [0.1, 0.15) is 61.0 Å². The van der Waals surface area contributed by atoms with Crippen LogP contribution in [0, 0.1) is 11.8 Å². The highest BCUT2D eigenvalue weighted by molar-refractivity contribution is 5.94. The van der Waals surface area contributed by atoms with Crippen LogP contribution in [0.25, 0.3) is 0 Å². The van der Waals surface area contributed by atoms with E-state index in [0.29, 0.717) is 71.1 Å². The molecule has 2 aliphatic rings. The van der Waals surface area contributed by atoms with Crippen molar-refractivity contribution in [1.82, 2.24) is 30.1 Å². The molecule has 2 fully saturated rings. The maximum atomic E-state index is 13.8. The predicted octanol–water partition coefficient (Wildman–Crippen LogP) is 1.26. The van der Waals surface area contributed by atoms with E-state index in [4.69, 9.17) is 9.47 Å². The first-order valence-corrected chi connectivity index (χ1v) is 12.7. The number of carbonyl (C=O) groups is 3. The SMILES string of the molecule is COCCCCc1c(C(=O)N(CC(C)C)[C@@H]2CNC[C@H](C(=O)N3CCOCC3)C2)nnn1C(C)=O.Cl. The molecule has 204 valence electrons. The summed E-state index contributed by atoms with van der Waals surface area (Å²) >= 11 is 0. The average Bonchev–Trinajstić information content (AvgIpc) is 3.29. The molecule has 2 aliphatic heterocycles. The van der Waals surface area contributed by atoms with Crippen molar-refractivity contribution < 1.29 is 23.9 Å². The van der Waals surface area contributed by atoms with Crippen molar-refractivity contribution in [1.29, 1.82) is 0 Å². The van der Waals surface area contributed by atoms with Crippen molar-refractivity contribution in [2.75, 3.05) is 59.7 Å². The Morgan fingerprint density at radius 1 is 1.19 bits per heavy atom. The summed E-state index contributed by atoms with van der Waals surface area (Å²) in [5.41, 5.74) is 0.761. The maximum Gasteiger partial charge on any atom is 0.276 e. The Morgan fingerprint density at radius 2 is 1.92 bits per heavy atom. The van der Waals surface area contributed by atoms with E-state index >= 15 is 0 Å². The Balaban J connectivity index is 0.00000456. The average molecular weight is 529 g/mol. The molecule has 0 bridgehead atoms. The van der Waals surface area contributed by atoms with Crippen LogP contribution in [0.15, 0.2) is 0 Å². The van der Waals surface area contributed by atoms with E-state index in [1.807, 2.05) is 9.80 Å². The molecular formula is C24H41ClN6O5. The number of aromatic nitrogens is 3. The summed E-state index contributed by atoms with van der Waals surface area (Å²) in [6.07, 6.45) is 2.65. The van der Waals surface area contributed by atoms with Crippen LogP contribution >= 0.6 is 12.4 Å². The Bertz CT molecular complexity index is 873. The lowest BCUT2D eigenvalue weighted by molar-refractivity contribution is -0.140. The van der Waals surface area contributed by atoms with Gasteiger partial charge in [-0.25, -0.2) is 0 Å². The smallest absolute Gasteiger partial charge is 0.276 e. The van der Waals surface area contributed by atoms with Gasteiger partial charge in [0.2, 0.25) is 11.8 Å². The van der Waals surface area contributed by atoms with Gasteiger partial charge >= 0.3 is 0 Å². The second-order valence-electron chi connectivity index (χ2n) is 9.80. The summed E-state index contributed by atoms with van der Waals surface area (Å²) in [6, 6.07) is -0.155. The Morgan fingerprint density at radius 3 is 2.56 bits per heavy atom. The van der Waals surface area contributed by atoms with Gasteiger partial charge in [0, 0.05) is 59.4 Å². The standard InChI is InChI=1S/C24H40N6O5.ClH/c1-17(2)16-29(20-13-19(14-25-15-20)23(32)28-8-11-35-12-9-28)24(33)22-21(7-5-6-10-34-4)30(18(3)31)27-26-22;/h17,19-20,25H,5-16H2,1-4H3;1H/t19-,20+;/m1./s1. The number of rotatable bonds is 10. The molecule has 0 saturated carbocycles. The number of morpholine rings is 1. The van der Waals surface area contributed by atoms with Crippen LogP contribution in [0.4, 0.5) is 0 Å². The largest absolute Gasteiger partial charge is 0.385 e. The normalized spacial score (nSPS) is 20.2. The van der Waals surface area contributed by atoms with Crippen molar-refractivity contribution in [3.63, 3.8) is 0 Å². The van der Waals surface area contributed by atoms with Gasteiger partial charge in [-0.3, -0.25) is 14.4 Å². The molecule has 0 aromatic carbocycles. The van der Waals surface area contributed by atoms with E-state index in [1.54, 1.807) is 7.11 Å². The minimum atomic E-state index is -0.274. The minimum absolute atomic E-state index is 0. The van der Waals surface area contributed by atoms with E-state index in [0.717, 1.165) is 12.8 Å². The summed E-state index contributed by atoms with van der Waals surface area (Å²) in [6.45, 7) is 10.2. The fourth-order valence-electron chi connectivity index (χ4n) is 4.80. The zero-order valence-corrected chi connectivity index (χ0v) is 22.7. The molecule has 11 nitrogen and oxygen atoms in total. The Labute approximate surface area is 219 Å². The van der Waals surface area contributed by atoms with Crippen molar-refractivity contribution in [3.8, 4) is 0 Å². The van der Waals surface area contributed by atoms with Gasteiger partial charge in [0.05, 0.1) is 24.8 Å². The number of halogens is 1. The molecule has 0 radical (unpaired) electrons. The number of nitrogens with zero attached hydrogens (tertiary/aromatic N) is 5. The molecule has 2 amide bonds. The van der Waals surface area contributed by atoms with Crippen LogP contribution in [0.3, 0.4) is 0 Å². The van der Waals surface area contributed by atoms with Crippen LogP contribution in [-0.4, -0.2) is 108 Å². The zero-order valence-electron chi connectivity index (χ0n) is 21.9. The highest BCUT2D eigenvalue weighted by Gasteiger charge is 2.37. The van der Waals surface area contributed by atoms with E-state index in [1.165, 1.54) is 11.6 Å². The molecule has 0 aliphatic carbocycles. The maximum absolute atomic E-state index is 13.8. The van der Waals surface area contributed by atoms with Gasteiger partial charge in [-0.15, -0.1) is 17.5 Å². The third-order valence-corrected chi connectivity index (χ3v) is 6.54. The van der Waals surface area contributed by atoms with E-state index in [9.17, 15) is 14.4 Å². The highest BCUT2D eigenvalue weighted by Crippen LogP contribution is 2.23. The Hall–Kier alpha value is -2.08. The topological polar surface area (TPSA) is 119 Å². The quantitative estimate of drug-likeness (QED) is 0.451. The van der Waals surface area contributed by atoms with E-state index < -0.39 is 0 Å². The molecule has 36 heavy (non-hydrogen) atoms. The zero-order chi connectivity index (χ0) is 25.4.